The van der Waals surface area contributed by atoms with E-state index in [-0.39, 0.29) is 0 Å². The van der Waals surface area contributed by atoms with Gasteiger partial charge in [0.05, 0.1) is 0 Å². The molecule has 1 fully saturated rings. The summed E-state index contributed by atoms with van der Waals surface area (Å²) in [7, 11) is 0. The molecule has 0 spiro atoms. The minimum atomic E-state index is 0.397. The van der Waals surface area contributed by atoms with Crippen molar-refractivity contribution in [3.05, 3.63) is 0 Å². The Labute approximate surface area is 66.5 Å². The molecule has 0 aromatic rings. The molecule has 0 unspecified atom stereocenters. The minimum absolute atomic E-state index is 0.397. The molecule has 2 heteroatoms. The fourth-order valence-corrected chi connectivity index (χ4v) is 1.77. The summed E-state index contributed by atoms with van der Waals surface area (Å²) in [5, 5.41) is 0.794. The molecular formula is C7H12Cl2. The summed E-state index contributed by atoms with van der Waals surface area (Å²) in [5.74, 6) is 0. The van der Waals surface area contributed by atoms with E-state index in [1.165, 1.54) is 6.42 Å². The highest BCUT2D eigenvalue weighted by atomic mass is 35.5. The predicted octanol–water partition coefficient (Wildman–Crippen LogP) is 3.17. The molecule has 0 N–H and O–H groups in total. The first-order chi connectivity index (χ1) is 4.29. The Bertz CT molecular complexity index is 73.0. The standard InChI is InChI=1S/C7H12Cl2/c8-6-2-1-3-7(9)5-4-6/h6-7H,1-5H2/t6-,7-/m1/s1. The third-order valence-corrected chi connectivity index (χ3v) is 2.70. The molecule has 0 bridgehead atoms. The van der Waals surface area contributed by atoms with Gasteiger partial charge in [-0.3, -0.25) is 0 Å². The lowest BCUT2D eigenvalue weighted by Crippen LogP contribution is -1.96. The summed E-state index contributed by atoms with van der Waals surface area (Å²) in [6.07, 6.45) is 5.74. The summed E-state index contributed by atoms with van der Waals surface area (Å²) in [6.45, 7) is 0. The van der Waals surface area contributed by atoms with Crippen molar-refractivity contribution in [3.8, 4) is 0 Å². The van der Waals surface area contributed by atoms with Gasteiger partial charge in [-0.2, -0.15) is 0 Å². The van der Waals surface area contributed by atoms with Crippen LogP contribution in [-0.4, -0.2) is 10.8 Å². The lowest BCUT2D eigenvalue weighted by atomic mass is 10.2. The molecule has 1 aliphatic carbocycles. The van der Waals surface area contributed by atoms with E-state index in [4.69, 9.17) is 23.2 Å². The molecule has 1 aliphatic rings. The first-order valence-corrected chi connectivity index (χ1v) is 4.44. The van der Waals surface area contributed by atoms with Gasteiger partial charge in [0.15, 0.2) is 0 Å². The molecule has 9 heavy (non-hydrogen) atoms. The Morgan fingerprint density at radius 2 is 1.22 bits per heavy atom. The van der Waals surface area contributed by atoms with E-state index in [0.717, 1.165) is 25.7 Å². The third-order valence-electron chi connectivity index (χ3n) is 1.83. The maximum absolute atomic E-state index is 5.93. The van der Waals surface area contributed by atoms with Crippen LogP contribution in [0.5, 0.6) is 0 Å². The van der Waals surface area contributed by atoms with E-state index in [1.807, 2.05) is 0 Å². The van der Waals surface area contributed by atoms with E-state index in [2.05, 4.69) is 0 Å². The number of hydrogen-bond acceptors (Lipinski definition) is 0. The summed E-state index contributed by atoms with van der Waals surface area (Å²) in [6, 6.07) is 0. The molecule has 0 saturated heterocycles. The summed E-state index contributed by atoms with van der Waals surface area (Å²) < 4.78 is 0. The molecule has 1 saturated carbocycles. The van der Waals surface area contributed by atoms with Gasteiger partial charge in [-0.25, -0.2) is 0 Å². The fraction of sp³-hybridized carbons (Fsp3) is 1.00. The van der Waals surface area contributed by atoms with Crippen LogP contribution in [0.15, 0.2) is 0 Å². The van der Waals surface area contributed by atoms with Gasteiger partial charge in [-0.05, 0) is 25.7 Å². The normalized spacial score (nSPS) is 38.0. The van der Waals surface area contributed by atoms with Gasteiger partial charge in [-0.1, -0.05) is 6.42 Å². The van der Waals surface area contributed by atoms with Crippen LogP contribution in [0.3, 0.4) is 0 Å². The molecule has 0 heterocycles. The lowest BCUT2D eigenvalue weighted by molar-refractivity contribution is 0.709. The Morgan fingerprint density at radius 3 is 1.67 bits per heavy atom. The molecule has 2 atom stereocenters. The van der Waals surface area contributed by atoms with Crippen LogP contribution in [0.1, 0.15) is 32.1 Å². The summed E-state index contributed by atoms with van der Waals surface area (Å²) in [4.78, 5) is 0. The van der Waals surface area contributed by atoms with Crippen molar-refractivity contribution in [2.75, 3.05) is 0 Å². The van der Waals surface area contributed by atoms with Gasteiger partial charge in [0.1, 0.15) is 0 Å². The topological polar surface area (TPSA) is 0 Å². The van der Waals surface area contributed by atoms with Gasteiger partial charge in [0, 0.05) is 10.8 Å². The van der Waals surface area contributed by atoms with Crippen molar-refractivity contribution in [1.29, 1.82) is 0 Å². The average Bonchev–Trinajstić information content (AvgIpc) is 1.97. The van der Waals surface area contributed by atoms with Gasteiger partial charge >= 0.3 is 0 Å². The van der Waals surface area contributed by atoms with Crippen LogP contribution >= 0.6 is 23.2 Å². The van der Waals surface area contributed by atoms with Gasteiger partial charge in [-0.15, -0.1) is 23.2 Å². The lowest BCUT2D eigenvalue weighted by Gasteiger charge is -2.02. The fourth-order valence-electron chi connectivity index (χ4n) is 1.21. The van der Waals surface area contributed by atoms with E-state index in [9.17, 15) is 0 Å². The predicted molar refractivity (Wildman–Crippen MR) is 42.4 cm³/mol. The Kier molecular flexibility index (Phi) is 3.14. The monoisotopic (exact) mass is 166 g/mol. The molecule has 54 valence electrons. The molecule has 0 nitrogen and oxygen atoms in total. The Morgan fingerprint density at radius 1 is 0.778 bits per heavy atom. The largest absolute Gasteiger partial charge is 0.123 e. The van der Waals surface area contributed by atoms with Crippen molar-refractivity contribution in [2.45, 2.75) is 42.9 Å². The zero-order chi connectivity index (χ0) is 6.69. The van der Waals surface area contributed by atoms with Crippen molar-refractivity contribution in [2.24, 2.45) is 0 Å². The van der Waals surface area contributed by atoms with E-state index in [0.29, 0.717) is 10.8 Å². The van der Waals surface area contributed by atoms with Crippen LogP contribution in [0, 0.1) is 0 Å². The number of hydrogen-bond donors (Lipinski definition) is 0. The van der Waals surface area contributed by atoms with Crippen molar-refractivity contribution >= 4 is 23.2 Å². The SMILES string of the molecule is Cl[C@@H]1CCC[C@@H](Cl)CC1. The van der Waals surface area contributed by atoms with Crippen molar-refractivity contribution in [1.82, 2.24) is 0 Å². The highest BCUT2D eigenvalue weighted by Crippen LogP contribution is 2.24. The van der Waals surface area contributed by atoms with Crippen LogP contribution in [-0.2, 0) is 0 Å². The molecule has 0 aromatic carbocycles. The van der Waals surface area contributed by atoms with Crippen LogP contribution < -0.4 is 0 Å². The smallest absolute Gasteiger partial charge is 0.0336 e. The van der Waals surface area contributed by atoms with Crippen LogP contribution in [0.4, 0.5) is 0 Å². The van der Waals surface area contributed by atoms with E-state index >= 15 is 0 Å². The van der Waals surface area contributed by atoms with Gasteiger partial charge in [0.2, 0.25) is 0 Å². The zero-order valence-corrected chi connectivity index (χ0v) is 6.96. The van der Waals surface area contributed by atoms with Crippen molar-refractivity contribution < 1.29 is 0 Å². The second kappa shape index (κ2) is 3.68. The highest BCUT2D eigenvalue weighted by Gasteiger charge is 2.14. The second-order valence-corrected chi connectivity index (χ2v) is 3.94. The number of rotatable bonds is 0. The third kappa shape index (κ3) is 2.77. The van der Waals surface area contributed by atoms with E-state index < -0.39 is 0 Å². The van der Waals surface area contributed by atoms with Crippen LogP contribution in [0.25, 0.3) is 0 Å². The first kappa shape index (κ1) is 7.68. The molecule has 0 amide bonds. The molecule has 0 radical (unpaired) electrons. The number of halogens is 2. The highest BCUT2D eigenvalue weighted by molar-refractivity contribution is 6.21. The minimum Gasteiger partial charge on any atom is -0.123 e. The number of alkyl halides is 2. The molecule has 0 aromatic heterocycles. The summed E-state index contributed by atoms with van der Waals surface area (Å²) in [5.41, 5.74) is 0. The van der Waals surface area contributed by atoms with E-state index in [1.54, 1.807) is 0 Å². The maximum atomic E-state index is 5.93. The maximum Gasteiger partial charge on any atom is 0.0336 e. The Hall–Kier alpha value is 0.580. The van der Waals surface area contributed by atoms with Gasteiger partial charge in [0.25, 0.3) is 0 Å². The van der Waals surface area contributed by atoms with Crippen molar-refractivity contribution in [3.63, 3.8) is 0 Å². The molecule has 1 rings (SSSR count). The molecular weight excluding hydrogens is 155 g/mol. The zero-order valence-electron chi connectivity index (χ0n) is 5.45. The summed E-state index contributed by atoms with van der Waals surface area (Å²) >= 11 is 11.9. The second-order valence-electron chi connectivity index (χ2n) is 2.70. The van der Waals surface area contributed by atoms with Gasteiger partial charge < -0.3 is 0 Å². The molecule has 0 aliphatic heterocycles. The Balaban J connectivity index is 2.25. The quantitative estimate of drug-likeness (QED) is 0.384. The van der Waals surface area contributed by atoms with Crippen LogP contribution in [0.2, 0.25) is 0 Å². The first-order valence-electron chi connectivity index (χ1n) is 3.57. The average molecular weight is 167 g/mol.